The molecule has 2 rings (SSSR count). The highest BCUT2D eigenvalue weighted by atomic mass is 16.5. The number of aliphatic carboxylic acids is 1. The molecule has 0 unspecified atom stereocenters. The van der Waals surface area contributed by atoms with E-state index in [4.69, 9.17) is 9.84 Å². The minimum atomic E-state index is -0.845. The van der Waals surface area contributed by atoms with Gasteiger partial charge in [0.05, 0.1) is 6.42 Å². The van der Waals surface area contributed by atoms with Gasteiger partial charge in [0.1, 0.15) is 11.5 Å². The fourth-order valence-corrected chi connectivity index (χ4v) is 1.52. The van der Waals surface area contributed by atoms with Crippen molar-refractivity contribution < 1.29 is 14.6 Å². The number of para-hydroxylation sites is 1. The maximum Gasteiger partial charge on any atom is 0.307 e. The van der Waals surface area contributed by atoms with Gasteiger partial charge in [-0.25, -0.2) is 0 Å². The van der Waals surface area contributed by atoms with E-state index in [0.29, 0.717) is 5.75 Å². The van der Waals surface area contributed by atoms with Gasteiger partial charge in [-0.2, -0.15) is 0 Å². The maximum absolute atomic E-state index is 10.6. The van der Waals surface area contributed by atoms with Crippen molar-refractivity contribution in [3.8, 4) is 11.5 Å². The molecule has 0 bridgehead atoms. The molecule has 3 nitrogen and oxygen atoms in total. The van der Waals surface area contributed by atoms with Crippen molar-refractivity contribution in [1.29, 1.82) is 0 Å². The lowest BCUT2D eigenvalue weighted by Gasteiger charge is -2.06. The van der Waals surface area contributed by atoms with Gasteiger partial charge in [-0.1, -0.05) is 30.3 Å². The third-order valence-electron chi connectivity index (χ3n) is 2.23. The summed E-state index contributed by atoms with van der Waals surface area (Å²) in [6, 6.07) is 16.5. The van der Waals surface area contributed by atoms with Gasteiger partial charge in [-0.05, 0) is 29.8 Å². The third-order valence-corrected chi connectivity index (χ3v) is 2.23. The first-order chi connectivity index (χ1) is 8.24. The molecular weight excluding hydrogens is 216 g/mol. The van der Waals surface area contributed by atoms with Crippen LogP contribution in [-0.2, 0) is 11.2 Å². The zero-order valence-corrected chi connectivity index (χ0v) is 9.17. The van der Waals surface area contributed by atoms with Crippen LogP contribution in [0.1, 0.15) is 5.56 Å². The van der Waals surface area contributed by atoms with Crippen molar-refractivity contribution in [3.05, 3.63) is 60.2 Å². The molecule has 1 N–H and O–H groups in total. The molecule has 17 heavy (non-hydrogen) atoms. The number of hydrogen-bond acceptors (Lipinski definition) is 2. The van der Waals surface area contributed by atoms with E-state index >= 15 is 0 Å². The maximum atomic E-state index is 10.6. The van der Waals surface area contributed by atoms with Crippen molar-refractivity contribution in [2.24, 2.45) is 0 Å². The predicted octanol–water partition coefficient (Wildman–Crippen LogP) is 3.11. The van der Waals surface area contributed by atoms with E-state index in [1.54, 1.807) is 24.3 Å². The zero-order chi connectivity index (χ0) is 12.1. The molecule has 0 aliphatic rings. The Morgan fingerprint density at radius 2 is 1.71 bits per heavy atom. The Morgan fingerprint density at radius 3 is 2.41 bits per heavy atom. The molecule has 0 radical (unpaired) electrons. The van der Waals surface area contributed by atoms with E-state index in [2.05, 4.69) is 0 Å². The molecule has 0 aliphatic carbocycles. The second kappa shape index (κ2) is 5.16. The van der Waals surface area contributed by atoms with E-state index < -0.39 is 5.97 Å². The fourth-order valence-electron chi connectivity index (χ4n) is 1.52. The van der Waals surface area contributed by atoms with Crippen molar-refractivity contribution >= 4 is 5.97 Å². The van der Waals surface area contributed by atoms with Gasteiger partial charge in [0.25, 0.3) is 0 Å². The lowest BCUT2D eigenvalue weighted by Crippen LogP contribution is -1.99. The van der Waals surface area contributed by atoms with Crippen LogP contribution in [0.2, 0.25) is 0 Å². The van der Waals surface area contributed by atoms with Crippen LogP contribution in [0.25, 0.3) is 0 Å². The van der Waals surface area contributed by atoms with Crippen LogP contribution in [0, 0.1) is 0 Å². The zero-order valence-electron chi connectivity index (χ0n) is 9.17. The molecule has 2 aromatic carbocycles. The van der Waals surface area contributed by atoms with E-state index in [9.17, 15) is 4.79 Å². The van der Waals surface area contributed by atoms with E-state index in [1.165, 1.54) is 0 Å². The summed E-state index contributed by atoms with van der Waals surface area (Å²) in [5, 5.41) is 8.71. The molecule has 0 amide bonds. The van der Waals surface area contributed by atoms with Gasteiger partial charge >= 0.3 is 5.97 Å². The summed E-state index contributed by atoms with van der Waals surface area (Å²) in [7, 11) is 0. The quantitative estimate of drug-likeness (QED) is 0.874. The Morgan fingerprint density at radius 1 is 1.00 bits per heavy atom. The summed E-state index contributed by atoms with van der Waals surface area (Å²) < 4.78 is 5.61. The third kappa shape index (κ3) is 3.34. The largest absolute Gasteiger partial charge is 0.481 e. The summed E-state index contributed by atoms with van der Waals surface area (Å²) in [5.74, 6) is 0.539. The molecule has 0 saturated heterocycles. The van der Waals surface area contributed by atoms with Crippen LogP contribution >= 0.6 is 0 Å². The molecular formula is C14H12O3. The standard InChI is InChI=1S/C14H12O3/c15-14(16)10-11-5-4-8-13(9-11)17-12-6-2-1-3-7-12/h1-9H,10H2,(H,15,16). The Balaban J connectivity index is 2.14. The van der Waals surface area contributed by atoms with Crippen LogP contribution < -0.4 is 4.74 Å². The summed E-state index contributed by atoms with van der Waals surface area (Å²) >= 11 is 0. The van der Waals surface area contributed by atoms with Crippen LogP contribution in [-0.4, -0.2) is 11.1 Å². The van der Waals surface area contributed by atoms with E-state index in [0.717, 1.165) is 11.3 Å². The van der Waals surface area contributed by atoms with Crippen molar-refractivity contribution in [2.75, 3.05) is 0 Å². The first kappa shape index (κ1) is 11.2. The highest BCUT2D eigenvalue weighted by Crippen LogP contribution is 2.21. The normalized spacial score (nSPS) is 9.88. The topological polar surface area (TPSA) is 46.5 Å². The lowest BCUT2D eigenvalue weighted by molar-refractivity contribution is -0.136. The Hall–Kier alpha value is -2.29. The number of carboxylic acid groups (broad SMARTS) is 1. The first-order valence-electron chi connectivity index (χ1n) is 5.28. The van der Waals surface area contributed by atoms with Crippen molar-refractivity contribution in [1.82, 2.24) is 0 Å². The minimum Gasteiger partial charge on any atom is -0.481 e. The number of carbonyl (C=O) groups is 1. The van der Waals surface area contributed by atoms with Gasteiger partial charge in [0, 0.05) is 0 Å². The number of ether oxygens (including phenoxy) is 1. The number of carboxylic acids is 1. The SMILES string of the molecule is O=C(O)Cc1cccc(Oc2ccccc2)c1. The average molecular weight is 228 g/mol. The molecule has 3 heteroatoms. The molecule has 0 aliphatic heterocycles. The van der Waals surface area contributed by atoms with Gasteiger partial charge in [0.15, 0.2) is 0 Å². The average Bonchev–Trinajstić information content (AvgIpc) is 2.30. The summed E-state index contributed by atoms with van der Waals surface area (Å²) in [4.78, 5) is 10.6. The highest BCUT2D eigenvalue weighted by molar-refractivity contribution is 5.70. The molecule has 0 heterocycles. The summed E-state index contributed by atoms with van der Waals surface area (Å²) in [6.07, 6.45) is 0.00594. The van der Waals surface area contributed by atoms with Gasteiger partial charge in [-0.15, -0.1) is 0 Å². The number of hydrogen-bond donors (Lipinski definition) is 1. The highest BCUT2D eigenvalue weighted by Gasteiger charge is 2.02. The van der Waals surface area contributed by atoms with Crippen LogP contribution in [0.4, 0.5) is 0 Å². The number of benzene rings is 2. The molecule has 86 valence electrons. The Labute approximate surface area is 99.3 Å². The first-order valence-corrected chi connectivity index (χ1v) is 5.28. The second-order valence-electron chi connectivity index (χ2n) is 3.63. The molecule has 0 aromatic heterocycles. The molecule has 0 fully saturated rings. The van der Waals surface area contributed by atoms with Crippen LogP contribution in [0.5, 0.6) is 11.5 Å². The monoisotopic (exact) mass is 228 g/mol. The fraction of sp³-hybridized carbons (Fsp3) is 0.0714. The summed E-state index contributed by atoms with van der Waals surface area (Å²) in [5.41, 5.74) is 0.728. The smallest absolute Gasteiger partial charge is 0.307 e. The van der Waals surface area contributed by atoms with Crippen molar-refractivity contribution in [2.45, 2.75) is 6.42 Å². The van der Waals surface area contributed by atoms with Crippen molar-refractivity contribution in [3.63, 3.8) is 0 Å². The van der Waals surface area contributed by atoms with Crippen LogP contribution in [0.3, 0.4) is 0 Å². The molecule has 0 atom stereocenters. The van der Waals surface area contributed by atoms with Crippen LogP contribution in [0.15, 0.2) is 54.6 Å². The van der Waals surface area contributed by atoms with Gasteiger partial charge < -0.3 is 9.84 Å². The lowest BCUT2D eigenvalue weighted by atomic mass is 10.1. The van der Waals surface area contributed by atoms with Gasteiger partial charge in [-0.3, -0.25) is 4.79 Å². The molecule has 2 aromatic rings. The van der Waals surface area contributed by atoms with Gasteiger partial charge in [0.2, 0.25) is 0 Å². The van der Waals surface area contributed by atoms with E-state index in [-0.39, 0.29) is 6.42 Å². The molecule has 0 saturated carbocycles. The van der Waals surface area contributed by atoms with E-state index in [1.807, 2.05) is 30.3 Å². The Bertz CT molecular complexity index is 506. The summed E-state index contributed by atoms with van der Waals surface area (Å²) in [6.45, 7) is 0. The molecule has 0 spiro atoms. The minimum absolute atomic E-state index is 0.00594. The number of rotatable bonds is 4. The predicted molar refractivity (Wildman–Crippen MR) is 64.3 cm³/mol. The second-order valence-corrected chi connectivity index (χ2v) is 3.63. The Kier molecular flexibility index (Phi) is 3.40.